The van der Waals surface area contributed by atoms with Crippen LogP contribution in [0, 0.1) is 13.8 Å². The van der Waals surface area contributed by atoms with E-state index in [0.717, 1.165) is 115 Å². The van der Waals surface area contributed by atoms with Gasteiger partial charge in [-0.25, -0.2) is 19.6 Å². The normalized spacial score (nSPS) is 22.8. The molecule has 0 spiro atoms. The predicted octanol–water partition coefficient (Wildman–Crippen LogP) is 15.1. The first-order chi connectivity index (χ1) is 35.6. The lowest BCUT2D eigenvalue weighted by molar-refractivity contribution is -0.138. The van der Waals surface area contributed by atoms with Crippen LogP contribution in [0.4, 0.5) is 53.3 Å². The van der Waals surface area contributed by atoms with Crippen molar-refractivity contribution in [1.29, 1.82) is 0 Å². The molecule has 408 valence electrons. The van der Waals surface area contributed by atoms with Gasteiger partial charge in [0.2, 0.25) is 0 Å². The van der Waals surface area contributed by atoms with E-state index in [0.29, 0.717) is 40.4 Å². The second kappa shape index (κ2) is 23.5. The molecule has 0 radical (unpaired) electrons. The van der Waals surface area contributed by atoms with Crippen molar-refractivity contribution in [2.24, 2.45) is 0 Å². The molecule has 5 heterocycles. The van der Waals surface area contributed by atoms with Crippen LogP contribution in [0.15, 0.2) is 65.4 Å². The highest BCUT2D eigenvalue weighted by atomic mass is 79.9. The highest BCUT2D eigenvalue weighted by Gasteiger charge is 2.44. The number of ether oxygens (including phenoxy) is 2. The minimum Gasteiger partial charge on any atom is -0.439 e. The second-order valence-electron chi connectivity index (χ2n) is 21.3. The fraction of sp³-hybridized carbons (Fsp3) is 0.579. The van der Waals surface area contributed by atoms with E-state index in [-0.39, 0.29) is 13.1 Å². The zero-order valence-electron chi connectivity index (χ0n) is 44.2. The summed E-state index contributed by atoms with van der Waals surface area (Å²) >= 11 is 3.50. The Morgan fingerprint density at radius 3 is 1.45 bits per heavy atom. The Morgan fingerprint density at radius 1 is 0.600 bits per heavy atom. The van der Waals surface area contributed by atoms with Crippen LogP contribution in [-0.4, -0.2) is 81.8 Å². The van der Waals surface area contributed by atoms with Crippen molar-refractivity contribution < 1.29 is 45.4 Å². The summed E-state index contributed by atoms with van der Waals surface area (Å²) in [6.07, 6.45) is 6.22. The number of hydrogen-bond acceptors (Lipinski definition) is 9. The molecule has 18 heteroatoms. The monoisotopic (exact) mass is 1110 g/mol. The van der Waals surface area contributed by atoms with Crippen LogP contribution in [0.2, 0.25) is 0 Å². The molecule has 3 saturated heterocycles. The van der Waals surface area contributed by atoms with Gasteiger partial charge in [0.05, 0.1) is 48.2 Å². The van der Waals surface area contributed by atoms with Crippen LogP contribution in [0.3, 0.4) is 0 Å². The van der Waals surface area contributed by atoms with E-state index in [1.54, 1.807) is 42.0 Å². The lowest BCUT2D eigenvalue weighted by Crippen LogP contribution is -2.39. The SMILES string of the molecule is CCN(c1ncc(Br)cc1CN1C(=O)O[C@H](c2cc(C)cc(C(F)(F)F)c2)[C@@H]1C)C1CCCCC1.CCN(c1ncc(N2CCCC2C)cc1CN1C(=O)O[C@H](c2cc(C)cc(C(F)(F)F)c2)[C@@H]1C)C1CCCCC1. The fourth-order valence-corrected chi connectivity index (χ4v) is 12.5. The number of benzene rings is 2. The molecule has 4 aromatic rings. The molecular formula is C57H72BrF6N7O4. The summed E-state index contributed by atoms with van der Waals surface area (Å²) in [6.45, 7) is 16.5. The first-order valence-electron chi connectivity index (χ1n) is 26.9. The zero-order chi connectivity index (χ0) is 53.9. The van der Waals surface area contributed by atoms with Crippen LogP contribution in [0.5, 0.6) is 0 Å². The van der Waals surface area contributed by atoms with Gasteiger partial charge < -0.3 is 24.2 Å². The topological polar surface area (TPSA) is 94.6 Å². The molecule has 5 atom stereocenters. The molecule has 2 aliphatic carbocycles. The average Bonchev–Trinajstić information content (AvgIpc) is 4.02. The van der Waals surface area contributed by atoms with E-state index in [4.69, 9.17) is 19.4 Å². The lowest BCUT2D eigenvalue weighted by Gasteiger charge is -2.36. The minimum absolute atomic E-state index is 0.263. The Labute approximate surface area is 446 Å². The average molecular weight is 1110 g/mol. The summed E-state index contributed by atoms with van der Waals surface area (Å²) in [6, 6.07) is 12.2. The lowest BCUT2D eigenvalue weighted by atomic mass is 9.94. The molecule has 5 fully saturated rings. The Morgan fingerprint density at radius 2 is 1.04 bits per heavy atom. The van der Waals surface area contributed by atoms with Crippen molar-refractivity contribution in [2.75, 3.05) is 34.3 Å². The van der Waals surface area contributed by atoms with E-state index >= 15 is 0 Å². The highest BCUT2D eigenvalue weighted by molar-refractivity contribution is 9.10. The summed E-state index contributed by atoms with van der Waals surface area (Å²) in [7, 11) is 0. The molecule has 3 aliphatic heterocycles. The first-order valence-corrected chi connectivity index (χ1v) is 27.7. The second-order valence-corrected chi connectivity index (χ2v) is 22.2. The van der Waals surface area contributed by atoms with Gasteiger partial charge in [0.1, 0.15) is 23.8 Å². The number of aryl methyl sites for hydroxylation is 2. The van der Waals surface area contributed by atoms with E-state index in [2.05, 4.69) is 57.5 Å². The molecule has 0 N–H and O–H groups in total. The number of hydrogen-bond donors (Lipinski definition) is 0. The molecule has 2 saturated carbocycles. The van der Waals surface area contributed by atoms with Gasteiger partial charge in [0.15, 0.2) is 0 Å². The summed E-state index contributed by atoms with van der Waals surface area (Å²) in [5.41, 5.74) is 3.10. The number of alkyl halides is 6. The summed E-state index contributed by atoms with van der Waals surface area (Å²) in [5.74, 6) is 1.74. The zero-order valence-corrected chi connectivity index (χ0v) is 45.8. The summed E-state index contributed by atoms with van der Waals surface area (Å²) in [4.78, 5) is 46.2. The van der Waals surface area contributed by atoms with Gasteiger partial charge in [-0.05, 0) is 150 Å². The number of amides is 2. The Balaban J connectivity index is 0.000000201. The molecule has 9 rings (SSSR count). The minimum atomic E-state index is -4.47. The van der Waals surface area contributed by atoms with Gasteiger partial charge in [0, 0.05) is 59.6 Å². The number of anilines is 3. The molecule has 2 aromatic heterocycles. The summed E-state index contributed by atoms with van der Waals surface area (Å²) in [5, 5.41) is 0. The number of cyclic esters (lactones) is 2. The van der Waals surface area contributed by atoms with Gasteiger partial charge in [-0.1, -0.05) is 61.8 Å². The molecule has 1 unspecified atom stereocenters. The maximum Gasteiger partial charge on any atom is 0.416 e. The van der Waals surface area contributed by atoms with Crippen molar-refractivity contribution in [2.45, 2.75) is 193 Å². The fourth-order valence-electron chi connectivity index (χ4n) is 12.1. The smallest absolute Gasteiger partial charge is 0.416 e. The van der Waals surface area contributed by atoms with E-state index in [1.807, 2.05) is 26.1 Å². The van der Waals surface area contributed by atoms with Gasteiger partial charge in [0.25, 0.3) is 0 Å². The molecule has 2 amide bonds. The molecule has 2 aromatic carbocycles. The predicted molar refractivity (Wildman–Crippen MR) is 283 cm³/mol. The van der Waals surface area contributed by atoms with E-state index in [1.165, 1.54) is 38.5 Å². The molecular weight excluding hydrogens is 1040 g/mol. The number of aromatic nitrogens is 2. The maximum atomic E-state index is 13.5. The highest BCUT2D eigenvalue weighted by Crippen LogP contribution is 2.42. The van der Waals surface area contributed by atoms with Gasteiger partial charge in [-0.3, -0.25) is 9.80 Å². The third-order valence-electron chi connectivity index (χ3n) is 16.0. The first kappa shape index (κ1) is 56.0. The van der Waals surface area contributed by atoms with E-state index in [9.17, 15) is 35.9 Å². The third kappa shape index (κ3) is 12.8. The number of carbonyl (C=O) groups excluding carboxylic acids is 2. The van der Waals surface area contributed by atoms with Crippen LogP contribution >= 0.6 is 15.9 Å². The van der Waals surface area contributed by atoms with Crippen LogP contribution in [-0.2, 0) is 34.9 Å². The molecule has 0 bridgehead atoms. The molecule has 5 aliphatic rings. The van der Waals surface area contributed by atoms with E-state index < -0.39 is 60.0 Å². The number of rotatable bonds is 13. The van der Waals surface area contributed by atoms with Crippen molar-refractivity contribution >= 4 is 45.4 Å². The Bertz CT molecular complexity index is 2640. The van der Waals surface area contributed by atoms with Gasteiger partial charge in [-0.15, -0.1) is 0 Å². The number of nitrogens with zero attached hydrogens (tertiary/aromatic N) is 7. The van der Waals surface area contributed by atoms with Crippen molar-refractivity contribution in [3.8, 4) is 0 Å². The van der Waals surface area contributed by atoms with Crippen molar-refractivity contribution in [3.63, 3.8) is 0 Å². The van der Waals surface area contributed by atoms with Crippen LogP contribution < -0.4 is 14.7 Å². The van der Waals surface area contributed by atoms with Gasteiger partial charge in [-0.2, -0.15) is 26.3 Å². The maximum absolute atomic E-state index is 13.5. The Hall–Kier alpha value is -5.26. The number of halogens is 7. The van der Waals surface area contributed by atoms with Crippen molar-refractivity contribution in [3.05, 3.63) is 110 Å². The standard InChI is InChI=1S/C31H41F3N4O2.C26H31BrF3N3O2/c1-5-36(26-11-7-6-8-12-26)29-24(17-27(18-35-29)37-13-9-10-21(37)3)19-38-22(4)28(40-30(38)39)23-14-20(2)15-25(16-23)31(32,33)34;1-4-32(22-8-6-5-7-9-22)24-19(13-21(27)14-31-24)15-33-17(3)23(35-25(33)34)18-10-16(2)11-20(12-18)26(28,29)30/h14-18,21-22,26,28H,5-13,19H2,1-4H3;10-14,17,22-23H,4-9,15H2,1-3H3/t21?,22-,28-;17-,23-/m00/s1. The molecule has 75 heavy (non-hydrogen) atoms. The van der Waals surface area contributed by atoms with Crippen molar-refractivity contribution in [1.82, 2.24) is 19.8 Å². The number of carbonyl (C=O) groups is 2. The van der Waals surface area contributed by atoms with Crippen LogP contribution in [0.1, 0.15) is 168 Å². The number of pyridine rings is 2. The summed E-state index contributed by atoms with van der Waals surface area (Å²) < 4.78 is 92.9. The quantitative estimate of drug-likeness (QED) is 0.121. The Kier molecular flexibility index (Phi) is 17.6. The largest absolute Gasteiger partial charge is 0.439 e. The van der Waals surface area contributed by atoms with Crippen LogP contribution in [0.25, 0.3) is 0 Å². The van der Waals surface area contributed by atoms with Gasteiger partial charge >= 0.3 is 24.5 Å². The molecule has 11 nitrogen and oxygen atoms in total. The third-order valence-corrected chi connectivity index (χ3v) is 16.4.